The quantitative estimate of drug-likeness (QED) is 0.467. The van der Waals surface area contributed by atoms with Crippen LogP contribution in [0.3, 0.4) is 0 Å². The van der Waals surface area contributed by atoms with Gasteiger partial charge in [-0.3, -0.25) is 0 Å². The average Bonchev–Trinajstić information content (AvgIpc) is 2.69. The van der Waals surface area contributed by atoms with E-state index in [1.807, 2.05) is 24.3 Å². The molecule has 26 heavy (non-hydrogen) atoms. The molecule has 0 unspecified atom stereocenters. The van der Waals surface area contributed by atoms with Crippen LogP contribution in [-0.2, 0) is 4.74 Å². The molecule has 0 saturated carbocycles. The van der Waals surface area contributed by atoms with Gasteiger partial charge in [-0.1, -0.05) is 41.6 Å². The van der Waals surface area contributed by atoms with E-state index in [9.17, 15) is 20.4 Å². The summed E-state index contributed by atoms with van der Waals surface area (Å²) < 4.78 is 5.60. The van der Waals surface area contributed by atoms with Crippen molar-refractivity contribution >= 4 is 11.4 Å². The first-order valence-corrected chi connectivity index (χ1v) is 8.23. The van der Waals surface area contributed by atoms with E-state index in [-0.39, 0.29) is 0 Å². The van der Waals surface area contributed by atoms with Crippen molar-refractivity contribution in [3.05, 3.63) is 60.7 Å². The Labute approximate surface area is 150 Å². The summed E-state index contributed by atoms with van der Waals surface area (Å²) in [6, 6.07) is 17.9. The van der Waals surface area contributed by atoms with Gasteiger partial charge < -0.3 is 25.2 Å². The fourth-order valence-electron chi connectivity index (χ4n) is 2.71. The molecule has 0 aromatic heterocycles. The first-order chi connectivity index (χ1) is 12.6. The number of aliphatic hydroxyl groups is 4. The summed E-state index contributed by atoms with van der Waals surface area (Å²) in [5.41, 5.74) is 1.16. The lowest BCUT2D eigenvalue weighted by molar-refractivity contribution is -0.229. The monoisotopic (exact) mass is 359 g/mol. The van der Waals surface area contributed by atoms with E-state index in [2.05, 4.69) is 10.3 Å². The van der Waals surface area contributed by atoms with E-state index >= 15 is 0 Å². The molecule has 5 atom stereocenters. The molecular weight excluding hydrogens is 338 g/mol. The molecule has 4 N–H and O–H groups in total. The standard InChI is InChI=1S/C18H21N3O5/c22-11-14-15(23)16(24)17(25)18(26-14)21(13-9-5-2-6-10-13)20-19-12-7-3-1-4-8-12/h1-10,14-18,22-25H,11H2/t14-,15+,16+,17-,18-/m1/s1. The van der Waals surface area contributed by atoms with Crippen molar-refractivity contribution in [2.75, 3.05) is 11.6 Å². The molecule has 0 aliphatic carbocycles. The smallest absolute Gasteiger partial charge is 0.181 e. The lowest BCUT2D eigenvalue weighted by atomic mass is 9.98. The molecule has 0 spiro atoms. The molecule has 1 aliphatic rings. The highest BCUT2D eigenvalue weighted by atomic mass is 16.6. The highest BCUT2D eigenvalue weighted by Crippen LogP contribution is 2.28. The number of ether oxygens (including phenoxy) is 1. The minimum atomic E-state index is -1.50. The number of hydrogen-bond acceptors (Lipinski definition) is 7. The van der Waals surface area contributed by atoms with Gasteiger partial charge in [0.2, 0.25) is 0 Å². The molecule has 0 radical (unpaired) electrons. The van der Waals surface area contributed by atoms with Crippen molar-refractivity contribution in [2.24, 2.45) is 10.3 Å². The fourth-order valence-corrected chi connectivity index (χ4v) is 2.71. The maximum Gasteiger partial charge on any atom is 0.181 e. The maximum absolute atomic E-state index is 10.4. The number of para-hydroxylation sites is 1. The van der Waals surface area contributed by atoms with Crippen LogP contribution < -0.4 is 5.01 Å². The zero-order valence-electron chi connectivity index (χ0n) is 13.9. The Balaban J connectivity index is 1.93. The van der Waals surface area contributed by atoms with Gasteiger partial charge in [0.15, 0.2) is 6.23 Å². The molecule has 8 nitrogen and oxygen atoms in total. The molecule has 1 aliphatic heterocycles. The average molecular weight is 359 g/mol. The van der Waals surface area contributed by atoms with E-state index < -0.39 is 37.3 Å². The van der Waals surface area contributed by atoms with Gasteiger partial charge in [-0.25, -0.2) is 5.01 Å². The van der Waals surface area contributed by atoms with Crippen LogP contribution in [0.4, 0.5) is 11.4 Å². The van der Waals surface area contributed by atoms with Crippen LogP contribution >= 0.6 is 0 Å². The van der Waals surface area contributed by atoms with Crippen molar-refractivity contribution < 1.29 is 25.2 Å². The second-order valence-electron chi connectivity index (χ2n) is 5.92. The topological polar surface area (TPSA) is 118 Å². The predicted molar refractivity (Wildman–Crippen MR) is 93.6 cm³/mol. The molecule has 1 heterocycles. The van der Waals surface area contributed by atoms with Gasteiger partial charge in [-0.2, -0.15) is 0 Å². The number of aliphatic hydroxyl groups excluding tert-OH is 4. The highest BCUT2D eigenvalue weighted by molar-refractivity contribution is 5.46. The first kappa shape index (κ1) is 18.4. The Hall–Kier alpha value is -2.36. The third-order valence-corrected chi connectivity index (χ3v) is 4.14. The molecule has 8 heteroatoms. The Kier molecular flexibility index (Phi) is 5.92. The van der Waals surface area contributed by atoms with Gasteiger partial charge in [-0.05, 0) is 24.3 Å². The van der Waals surface area contributed by atoms with Crippen molar-refractivity contribution in [3.63, 3.8) is 0 Å². The zero-order valence-corrected chi connectivity index (χ0v) is 13.9. The van der Waals surface area contributed by atoms with Gasteiger partial charge in [0, 0.05) is 0 Å². The summed E-state index contributed by atoms with van der Waals surface area (Å²) in [6.45, 7) is -0.514. The Morgan fingerprint density at radius 2 is 1.46 bits per heavy atom. The SMILES string of the molecule is OC[C@H]1O[C@@H](N(N=Nc2ccccc2)c2ccccc2)[C@H](O)[C@@H](O)[C@H]1O. The lowest BCUT2D eigenvalue weighted by Crippen LogP contribution is -2.62. The molecule has 2 aromatic carbocycles. The third kappa shape index (κ3) is 3.90. The molecule has 138 valence electrons. The minimum absolute atomic E-state index is 0.514. The third-order valence-electron chi connectivity index (χ3n) is 4.14. The van der Waals surface area contributed by atoms with E-state index in [1.54, 1.807) is 36.4 Å². The number of nitrogens with zero attached hydrogens (tertiary/aromatic N) is 3. The van der Waals surface area contributed by atoms with E-state index in [0.717, 1.165) is 0 Å². The molecule has 0 amide bonds. The lowest BCUT2D eigenvalue weighted by Gasteiger charge is -2.42. The number of hydrogen-bond donors (Lipinski definition) is 4. The summed E-state index contributed by atoms with van der Waals surface area (Å²) >= 11 is 0. The van der Waals surface area contributed by atoms with Crippen LogP contribution in [0.1, 0.15) is 0 Å². The number of anilines is 1. The largest absolute Gasteiger partial charge is 0.394 e. The van der Waals surface area contributed by atoms with Crippen LogP contribution in [0.2, 0.25) is 0 Å². The number of benzene rings is 2. The van der Waals surface area contributed by atoms with Crippen molar-refractivity contribution in [1.29, 1.82) is 0 Å². The van der Waals surface area contributed by atoms with Crippen molar-refractivity contribution in [3.8, 4) is 0 Å². The van der Waals surface area contributed by atoms with Gasteiger partial charge in [0.1, 0.15) is 24.4 Å². The Morgan fingerprint density at radius 3 is 2.08 bits per heavy atom. The fraction of sp³-hybridized carbons (Fsp3) is 0.333. The maximum atomic E-state index is 10.4. The van der Waals surface area contributed by atoms with Crippen LogP contribution in [0.25, 0.3) is 0 Å². The highest BCUT2D eigenvalue weighted by Gasteiger charge is 2.46. The molecule has 2 aromatic rings. The van der Waals surface area contributed by atoms with Crippen LogP contribution in [-0.4, -0.2) is 57.7 Å². The van der Waals surface area contributed by atoms with Gasteiger partial charge in [0.25, 0.3) is 0 Å². The summed E-state index contributed by atoms with van der Waals surface area (Å²) in [5, 5.41) is 49.4. The summed E-state index contributed by atoms with van der Waals surface area (Å²) in [4.78, 5) is 0. The van der Waals surface area contributed by atoms with Gasteiger partial charge >= 0.3 is 0 Å². The van der Waals surface area contributed by atoms with Crippen molar-refractivity contribution in [2.45, 2.75) is 30.6 Å². The van der Waals surface area contributed by atoms with Crippen LogP contribution in [0.15, 0.2) is 71.0 Å². The Bertz CT molecular complexity index is 713. The molecular formula is C18H21N3O5. The van der Waals surface area contributed by atoms with E-state index in [0.29, 0.717) is 11.4 Å². The minimum Gasteiger partial charge on any atom is -0.394 e. The summed E-state index contributed by atoms with van der Waals surface area (Å²) in [6.07, 6.45) is -6.56. The van der Waals surface area contributed by atoms with Crippen LogP contribution in [0, 0.1) is 0 Å². The second-order valence-corrected chi connectivity index (χ2v) is 5.92. The van der Waals surface area contributed by atoms with E-state index in [1.165, 1.54) is 5.01 Å². The summed E-state index contributed by atoms with van der Waals surface area (Å²) in [7, 11) is 0. The second kappa shape index (κ2) is 8.35. The first-order valence-electron chi connectivity index (χ1n) is 8.23. The van der Waals surface area contributed by atoms with Gasteiger partial charge in [0.05, 0.1) is 18.0 Å². The van der Waals surface area contributed by atoms with E-state index in [4.69, 9.17) is 4.74 Å². The molecule has 1 saturated heterocycles. The molecule has 3 rings (SSSR count). The summed E-state index contributed by atoms with van der Waals surface area (Å²) in [5.74, 6) is 0. The molecule has 0 bridgehead atoms. The Morgan fingerprint density at radius 1 is 0.846 bits per heavy atom. The molecule has 1 fully saturated rings. The normalized spacial score (nSPS) is 29.0. The zero-order chi connectivity index (χ0) is 18.5. The number of rotatable bonds is 5. The van der Waals surface area contributed by atoms with Crippen molar-refractivity contribution in [1.82, 2.24) is 0 Å². The van der Waals surface area contributed by atoms with Gasteiger partial charge in [-0.15, -0.1) is 5.11 Å². The predicted octanol–water partition coefficient (Wildman–Crippen LogP) is 0.992. The van der Waals surface area contributed by atoms with Crippen LogP contribution in [0.5, 0.6) is 0 Å².